The van der Waals surface area contributed by atoms with Gasteiger partial charge in [0.25, 0.3) is 0 Å². The van der Waals surface area contributed by atoms with Crippen molar-refractivity contribution in [1.29, 1.82) is 0 Å². The monoisotopic (exact) mass is 207 g/mol. The molecule has 0 bridgehead atoms. The van der Waals surface area contributed by atoms with Gasteiger partial charge in [0.15, 0.2) is 0 Å². The van der Waals surface area contributed by atoms with E-state index in [0.717, 1.165) is 25.9 Å². The summed E-state index contributed by atoms with van der Waals surface area (Å²) in [6.07, 6.45) is 8.45. The van der Waals surface area contributed by atoms with Crippen molar-refractivity contribution in [2.45, 2.75) is 26.2 Å². The van der Waals surface area contributed by atoms with Crippen molar-refractivity contribution in [1.82, 2.24) is 14.5 Å². The maximum atomic E-state index is 12.0. The molecule has 0 saturated carbocycles. The van der Waals surface area contributed by atoms with Crippen LogP contribution in [0.5, 0.6) is 0 Å². The highest BCUT2D eigenvalue weighted by Gasteiger charge is 2.23. The lowest BCUT2D eigenvalue weighted by Gasteiger charge is -2.32. The van der Waals surface area contributed by atoms with Crippen LogP contribution in [0.2, 0.25) is 0 Å². The van der Waals surface area contributed by atoms with E-state index >= 15 is 0 Å². The minimum absolute atomic E-state index is 0.0608. The van der Waals surface area contributed by atoms with Crippen LogP contribution in [0.15, 0.2) is 18.7 Å². The fourth-order valence-electron chi connectivity index (χ4n) is 2.11. The average Bonchev–Trinajstić information content (AvgIpc) is 2.81. The Kier molecular flexibility index (Phi) is 3.04. The highest BCUT2D eigenvalue weighted by molar-refractivity contribution is 5.76. The third kappa shape index (κ3) is 2.19. The maximum Gasteiger partial charge on any atom is 0.329 e. The van der Waals surface area contributed by atoms with Crippen molar-refractivity contribution in [3.05, 3.63) is 18.7 Å². The Morgan fingerprint density at radius 3 is 3.13 bits per heavy atom. The predicted octanol–water partition coefficient (Wildman–Crippen LogP) is 1.97. The van der Waals surface area contributed by atoms with E-state index < -0.39 is 0 Å². The SMILES string of the molecule is CCC1CCCN(C(=O)n2ccnc2)C1. The number of amides is 1. The maximum absolute atomic E-state index is 12.0. The van der Waals surface area contributed by atoms with E-state index in [0.29, 0.717) is 5.92 Å². The third-order valence-electron chi connectivity index (χ3n) is 3.09. The Hall–Kier alpha value is -1.32. The largest absolute Gasteiger partial charge is 0.329 e. The van der Waals surface area contributed by atoms with Gasteiger partial charge in [0.05, 0.1) is 0 Å². The van der Waals surface area contributed by atoms with E-state index in [1.54, 1.807) is 23.3 Å². The first kappa shape index (κ1) is 10.2. The number of aromatic nitrogens is 2. The van der Waals surface area contributed by atoms with Crippen molar-refractivity contribution in [2.75, 3.05) is 13.1 Å². The van der Waals surface area contributed by atoms with Crippen LogP contribution < -0.4 is 0 Å². The Morgan fingerprint density at radius 1 is 1.60 bits per heavy atom. The number of piperidine rings is 1. The van der Waals surface area contributed by atoms with Crippen molar-refractivity contribution in [3.8, 4) is 0 Å². The number of hydrogen-bond acceptors (Lipinski definition) is 2. The molecule has 0 spiro atoms. The summed E-state index contributed by atoms with van der Waals surface area (Å²) < 4.78 is 1.55. The fraction of sp³-hybridized carbons (Fsp3) is 0.636. The van der Waals surface area contributed by atoms with Crippen molar-refractivity contribution in [3.63, 3.8) is 0 Å². The highest BCUT2D eigenvalue weighted by atomic mass is 16.2. The van der Waals surface area contributed by atoms with E-state index in [2.05, 4.69) is 11.9 Å². The summed E-state index contributed by atoms with van der Waals surface area (Å²) in [6, 6.07) is 0.0608. The number of imidazole rings is 1. The quantitative estimate of drug-likeness (QED) is 0.706. The Morgan fingerprint density at radius 2 is 2.47 bits per heavy atom. The first-order chi connectivity index (χ1) is 7.31. The topological polar surface area (TPSA) is 38.1 Å². The molecule has 1 fully saturated rings. The lowest BCUT2D eigenvalue weighted by atomic mass is 9.96. The van der Waals surface area contributed by atoms with Gasteiger partial charge in [0.1, 0.15) is 6.33 Å². The number of nitrogens with zero attached hydrogens (tertiary/aromatic N) is 3. The molecule has 82 valence electrons. The van der Waals surface area contributed by atoms with E-state index in [-0.39, 0.29) is 6.03 Å². The van der Waals surface area contributed by atoms with Crippen LogP contribution in [-0.2, 0) is 0 Å². The van der Waals surface area contributed by atoms with Gasteiger partial charge in [-0.25, -0.2) is 9.78 Å². The van der Waals surface area contributed by atoms with Crippen LogP contribution in [0.25, 0.3) is 0 Å². The van der Waals surface area contributed by atoms with Crippen molar-refractivity contribution < 1.29 is 4.79 Å². The summed E-state index contributed by atoms with van der Waals surface area (Å²) in [5.41, 5.74) is 0. The molecular weight excluding hydrogens is 190 g/mol. The van der Waals surface area contributed by atoms with Crippen molar-refractivity contribution in [2.24, 2.45) is 5.92 Å². The van der Waals surface area contributed by atoms with Gasteiger partial charge in [-0.15, -0.1) is 0 Å². The minimum Gasteiger partial charge on any atom is -0.324 e. The van der Waals surface area contributed by atoms with Gasteiger partial charge in [-0.1, -0.05) is 13.3 Å². The van der Waals surface area contributed by atoms with Crippen LogP contribution in [0.3, 0.4) is 0 Å². The zero-order valence-corrected chi connectivity index (χ0v) is 9.09. The standard InChI is InChI=1S/C11H17N3O/c1-2-10-4-3-6-13(8-10)11(15)14-7-5-12-9-14/h5,7,9-10H,2-4,6,8H2,1H3. The first-order valence-electron chi connectivity index (χ1n) is 5.58. The van der Waals surface area contributed by atoms with E-state index in [9.17, 15) is 4.79 Å². The molecule has 1 aliphatic heterocycles. The molecule has 1 atom stereocenters. The summed E-state index contributed by atoms with van der Waals surface area (Å²) in [7, 11) is 0. The Balaban J connectivity index is 2.01. The van der Waals surface area contributed by atoms with Crippen LogP contribution in [0.1, 0.15) is 26.2 Å². The molecule has 0 aliphatic carbocycles. The van der Waals surface area contributed by atoms with E-state index in [4.69, 9.17) is 0 Å². The fourth-order valence-corrected chi connectivity index (χ4v) is 2.11. The highest BCUT2D eigenvalue weighted by Crippen LogP contribution is 2.19. The molecule has 2 heterocycles. The van der Waals surface area contributed by atoms with Gasteiger partial charge in [-0.05, 0) is 18.8 Å². The number of carbonyl (C=O) groups excluding carboxylic acids is 1. The van der Waals surface area contributed by atoms with Crippen LogP contribution >= 0.6 is 0 Å². The second kappa shape index (κ2) is 4.47. The predicted molar refractivity (Wildman–Crippen MR) is 57.6 cm³/mol. The van der Waals surface area contributed by atoms with Gasteiger partial charge >= 0.3 is 6.03 Å². The summed E-state index contributed by atoms with van der Waals surface area (Å²) >= 11 is 0. The Bertz CT molecular complexity index is 321. The summed E-state index contributed by atoms with van der Waals surface area (Å²) in [4.78, 5) is 17.8. The molecule has 1 aliphatic rings. The second-order valence-corrected chi connectivity index (χ2v) is 4.12. The number of carbonyl (C=O) groups is 1. The molecule has 1 amide bonds. The average molecular weight is 207 g/mol. The van der Waals surface area contributed by atoms with Gasteiger partial charge in [-0.2, -0.15) is 0 Å². The molecule has 1 saturated heterocycles. The molecule has 0 radical (unpaired) electrons. The normalized spacial score (nSPS) is 21.7. The minimum atomic E-state index is 0.0608. The lowest BCUT2D eigenvalue weighted by molar-refractivity contribution is 0.165. The zero-order chi connectivity index (χ0) is 10.7. The molecule has 1 aromatic rings. The Labute approximate surface area is 89.9 Å². The molecule has 1 aromatic heterocycles. The lowest BCUT2D eigenvalue weighted by Crippen LogP contribution is -2.41. The van der Waals surface area contributed by atoms with Gasteiger partial charge in [0, 0.05) is 25.5 Å². The smallest absolute Gasteiger partial charge is 0.324 e. The van der Waals surface area contributed by atoms with Gasteiger partial charge in [0.2, 0.25) is 0 Å². The number of likely N-dealkylation sites (tertiary alicyclic amines) is 1. The second-order valence-electron chi connectivity index (χ2n) is 4.12. The molecule has 0 aromatic carbocycles. The summed E-state index contributed by atoms with van der Waals surface area (Å²) in [6.45, 7) is 3.97. The molecule has 4 heteroatoms. The summed E-state index contributed by atoms with van der Waals surface area (Å²) in [5.74, 6) is 0.672. The first-order valence-corrected chi connectivity index (χ1v) is 5.58. The molecule has 15 heavy (non-hydrogen) atoms. The third-order valence-corrected chi connectivity index (χ3v) is 3.09. The molecule has 4 nitrogen and oxygen atoms in total. The van der Waals surface area contributed by atoms with Crippen LogP contribution in [0, 0.1) is 5.92 Å². The number of rotatable bonds is 1. The van der Waals surface area contributed by atoms with Gasteiger partial charge in [-0.3, -0.25) is 4.57 Å². The van der Waals surface area contributed by atoms with Gasteiger partial charge < -0.3 is 4.90 Å². The molecule has 2 rings (SSSR count). The van der Waals surface area contributed by atoms with E-state index in [1.807, 2.05) is 4.90 Å². The van der Waals surface area contributed by atoms with Crippen LogP contribution in [-0.4, -0.2) is 33.6 Å². The number of hydrogen-bond donors (Lipinski definition) is 0. The zero-order valence-electron chi connectivity index (χ0n) is 9.09. The van der Waals surface area contributed by atoms with Crippen LogP contribution in [0.4, 0.5) is 4.79 Å². The van der Waals surface area contributed by atoms with Crippen molar-refractivity contribution >= 4 is 6.03 Å². The molecule has 0 N–H and O–H groups in total. The van der Waals surface area contributed by atoms with E-state index in [1.165, 1.54) is 6.42 Å². The molecular formula is C11H17N3O. The summed E-state index contributed by atoms with van der Waals surface area (Å²) in [5, 5.41) is 0. The molecule has 1 unspecified atom stereocenters.